The molecule has 0 aromatic heterocycles. The molecule has 1 aliphatic heterocycles. The van der Waals surface area contributed by atoms with Crippen LogP contribution in [0.25, 0.3) is 0 Å². The topological polar surface area (TPSA) is 58.9 Å². The van der Waals surface area contributed by atoms with Gasteiger partial charge in [0.1, 0.15) is 11.7 Å². The number of hydrogen-bond acceptors (Lipinski definition) is 4. The third kappa shape index (κ3) is 2.09. The zero-order chi connectivity index (χ0) is 12.5. The maximum Gasteiger partial charge on any atom is 0.197 e. The Morgan fingerprint density at radius 3 is 2.29 bits per heavy atom. The van der Waals surface area contributed by atoms with Crippen LogP contribution in [0.1, 0.15) is 25.5 Å². The summed E-state index contributed by atoms with van der Waals surface area (Å²) in [5.74, 6) is -1.18. The molecule has 1 aromatic carbocycles. The Bertz CT molecular complexity index is 368. The lowest BCUT2D eigenvalue weighted by Gasteiger charge is -2.41. The van der Waals surface area contributed by atoms with E-state index in [2.05, 4.69) is 0 Å². The minimum atomic E-state index is -1.51. The van der Waals surface area contributed by atoms with E-state index >= 15 is 0 Å². The normalized spacial score (nSPS) is 24.2. The summed E-state index contributed by atoms with van der Waals surface area (Å²) >= 11 is 0. The molecule has 0 aliphatic carbocycles. The van der Waals surface area contributed by atoms with Crippen molar-refractivity contribution in [1.82, 2.24) is 0 Å². The third-order valence-corrected chi connectivity index (χ3v) is 3.41. The number of ether oxygens (including phenoxy) is 2. The molecule has 0 spiro atoms. The monoisotopic (exact) mass is 238 g/mol. The lowest BCUT2D eigenvalue weighted by atomic mass is 9.86. The molecule has 2 N–H and O–H groups in total. The highest BCUT2D eigenvalue weighted by Crippen LogP contribution is 2.39. The van der Waals surface area contributed by atoms with Crippen LogP contribution in [-0.2, 0) is 9.47 Å². The van der Waals surface area contributed by atoms with Crippen LogP contribution in [0.15, 0.2) is 30.3 Å². The van der Waals surface area contributed by atoms with Gasteiger partial charge in [0.25, 0.3) is 0 Å². The van der Waals surface area contributed by atoms with Gasteiger partial charge in [-0.15, -0.1) is 0 Å². The molecule has 1 heterocycles. The molecule has 1 aliphatic rings. The minimum absolute atomic E-state index is 0.425. The predicted octanol–water partition coefficient (Wildman–Crippen LogP) is 1.23. The van der Waals surface area contributed by atoms with Gasteiger partial charge in [-0.2, -0.15) is 0 Å². The first-order valence-corrected chi connectivity index (χ1v) is 5.71. The molecule has 0 unspecified atom stereocenters. The summed E-state index contributed by atoms with van der Waals surface area (Å²) in [7, 11) is 0. The molecule has 4 nitrogen and oxygen atoms in total. The Balaban J connectivity index is 2.26. The number of aliphatic hydroxyl groups is 2. The van der Waals surface area contributed by atoms with Gasteiger partial charge >= 0.3 is 0 Å². The van der Waals surface area contributed by atoms with Crippen LogP contribution in [0.4, 0.5) is 0 Å². The van der Waals surface area contributed by atoms with Crippen molar-refractivity contribution in [3.63, 3.8) is 0 Å². The van der Waals surface area contributed by atoms with Crippen molar-refractivity contribution in [3.05, 3.63) is 35.9 Å². The van der Waals surface area contributed by atoms with Crippen molar-refractivity contribution in [2.45, 2.75) is 31.3 Å². The van der Waals surface area contributed by atoms with Gasteiger partial charge in [-0.1, -0.05) is 30.3 Å². The Labute approximate surface area is 101 Å². The van der Waals surface area contributed by atoms with E-state index in [-0.39, 0.29) is 0 Å². The van der Waals surface area contributed by atoms with Crippen molar-refractivity contribution < 1.29 is 19.7 Å². The van der Waals surface area contributed by atoms with Crippen LogP contribution in [-0.4, -0.2) is 34.8 Å². The first-order valence-electron chi connectivity index (χ1n) is 5.71. The van der Waals surface area contributed by atoms with Crippen LogP contribution >= 0.6 is 0 Å². The smallest absolute Gasteiger partial charge is 0.197 e. The summed E-state index contributed by atoms with van der Waals surface area (Å²) in [6.45, 7) is 4.02. The van der Waals surface area contributed by atoms with Gasteiger partial charge in [-0.05, 0) is 19.4 Å². The Morgan fingerprint density at radius 2 is 1.76 bits per heavy atom. The maximum absolute atomic E-state index is 10.5. The van der Waals surface area contributed by atoms with Gasteiger partial charge in [0.2, 0.25) is 0 Å². The van der Waals surface area contributed by atoms with E-state index in [9.17, 15) is 10.2 Å². The number of benzene rings is 1. The van der Waals surface area contributed by atoms with E-state index in [0.717, 1.165) is 0 Å². The summed E-state index contributed by atoms with van der Waals surface area (Å²) in [5, 5.41) is 20.8. The highest BCUT2D eigenvalue weighted by atomic mass is 16.7. The SMILES string of the molecule is CC1([C@](C)(O)[C@@H](O)c2ccccc2)OCCO1. The molecule has 4 heteroatoms. The average molecular weight is 238 g/mol. The molecule has 17 heavy (non-hydrogen) atoms. The zero-order valence-electron chi connectivity index (χ0n) is 10.1. The van der Waals surface area contributed by atoms with Gasteiger partial charge < -0.3 is 19.7 Å². The predicted molar refractivity (Wildman–Crippen MR) is 62.3 cm³/mol. The van der Waals surface area contributed by atoms with Crippen molar-refractivity contribution in [1.29, 1.82) is 0 Å². The van der Waals surface area contributed by atoms with Crippen LogP contribution in [0.2, 0.25) is 0 Å². The van der Waals surface area contributed by atoms with Crippen molar-refractivity contribution in [3.8, 4) is 0 Å². The Morgan fingerprint density at radius 1 is 1.24 bits per heavy atom. The highest BCUT2D eigenvalue weighted by Gasteiger charge is 2.53. The molecular weight excluding hydrogens is 220 g/mol. The second kappa shape index (κ2) is 4.38. The molecule has 0 amide bonds. The Kier molecular flexibility index (Phi) is 3.23. The van der Waals surface area contributed by atoms with Crippen LogP contribution in [0.5, 0.6) is 0 Å². The molecule has 0 bridgehead atoms. The van der Waals surface area contributed by atoms with Crippen molar-refractivity contribution in [2.75, 3.05) is 13.2 Å². The molecule has 1 saturated heterocycles. The molecule has 0 saturated carbocycles. The lowest BCUT2D eigenvalue weighted by molar-refractivity contribution is -0.281. The summed E-state index contributed by atoms with van der Waals surface area (Å²) in [6.07, 6.45) is -1.06. The standard InChI is InChI=1S/C13H18O4/c1-12(15,13(2)16-8-9-17-13)11(14)10-6-4-3-5-7-10/h3-7,11,14-15H,8-9H2,1-2H3/t11-,12+/m0/s1. The molecular formula is C13H18O4. The summed E-state index contributed by atoms with van der Waals surface area (Å²) in [6, 6.07) is 9.00. The van der Waals surface area contributed by atoms with Crippen molar-refractivity contribution >= 4 is 0 Å². The largest absolute Gasteiger partial charge is 0.385 e. The number of rotatable bonds is 3. The molecule has 1 aromatic rings. The fourth-order valence-electron chi connectivity index (χ4n) is 2.01. The molecule has 2 atom stereocenters. The second-order valence-electron chi connectivity index (χ2n) is 4.60. The average Bonchev–Trinajstić information content (AvgIpc) is 2.78. The van der Waals surface area contributed by atoms with Crippen LogP contribution in [0.3, 0.4) is 0 Å². The summed E-state index contributed by atoms with van der Waals surface area (Å²) in [4.78, 5) is 0. The molecule has 1 fully saturated rings. The van der Waals surface area contributed by atoms with Crippen molar-refractivity contribution in [2.24, 2.45) is 0 Å². The fourth-order valence-corrected chi connectivity index (χ4v) is 2.01. The molecule has 94 valence electrons. The van der Waals surface area contributed by atoms with Gasteiger partial charge in [-0.3, -0.25) is 0 Å². The van der Waals surface area contributed by atoms with Gasteiger partial charge in [-0.25, -0.2) is 0 Å². The molecule has 0 radical (unpaired) electrons. The van der Waals surface area contributed by atoms with E-state index < -0.39 is 17.5 Å². The zero-order valence-corrected chi connectivity index (χ0v) is 10.1. The van der Waals surface area contributed by atoms with E-state index in [1.165, 1.54) is 6.92 Å². The second-order valence-corrected chi connectivity index (χ2v) is 4.60. The van der Waals surface area contributed by atoms with E-state index in [0.29, 0.717) is 18.8 Å². The summed E-state index contributed by atoms with van der Waals surface area (Å²) in [5.41, 5.74) is -0.872. The number of aliphatic hydroxyl groups excluding tert-OH is 1. The van der Waals surface area contributed by atoms with Crippen LogP contribution < -0.4 is 0 Å². The van der Waals surface area contributed by atoms with Gasteiger partial charge in [0.15, 0.2) is 5.79 Å². The fraction of sp³-hybridized carbons (Fsp3) is 0.538. The number of hydrogen-bond donors (Lipinski definition) is 2. The van der Waals surface area contributed by atoms with E-state index in [4.69, 9.17) is 9.47 Å². The van der Waals surface area contributed by atoms with Gasteiger partial charge in [0.05, 0.1) is 13.2 Å². The lowest BCUT2D eigenvalue weighted by Crippen LogP contribution is -2.54. The Hall–Kier alpha value is -0.940. The highest BCUT2D eigenvalue weighted by molar-refractivity contribution is 5.21. The summed E-state index contributed by atoms with van der Waals surface area (Å²) < 4.78 is 10.8. The first kappa shape index (κ1) is 12.5. The minimum Gasteiger partial charge on any atom is -0.385 e. The van der Waals surface area contributed by atoms with Crippen LogP contribution in [0, 0.1) is 0 Å². The van der Waals surface area contributed by atoms with E-state index in [1.54, 1.807) is 19.1 Å². The first-order chi connectivity index (χ1) is 7.97. The molecule has 2 rings (SSSR count). The van der Waals surface area contributed by atoms with Gasteiger partial charge in [0, 0.05) is 0 Å². The quantitative estimate of drug-likeness (QED) is 0.831. The third-order valence-electron chi connectivity index (χ3n) is 3.41. The maximum atomic E-state index is 10.5. The van der Waals surface area contributed by atoms with E-state index in [1.807, 2.05) is 18.2 Å².